The number of aliphatic hydroxyl groups is 1. The van der Waals surface area contributed by atoms with Crippen molar-refractivity contribution in [2.24, 2.45) is 0 Å². The van der Waals surface area contributed by atoms with Crippen LogP contribution in [0.2, 0.25) is 5.02 Å². The lowest BCUT2D eigenvalue weighted by Crippen LogP contribution is -2.01. The zero-order chi connectivity index (χ0) is 13.4. The Kier molecular flexibility index (Phi) is 3.52. The van der Waals surface area contributed by atoms with Crippen molar-refractivity contribution in [1.29, 1.82) is 0 Å². The molecule has 4 heteroatoms. The average molecular weight is 340 g/mol. The predicted molar refractivity (Wildman–Crippen MR) is 78.9 cm³/mol. The summed E-state index contributed by atoms with van der Waals surface area (Å²) >= 11 is 9.54. The van der Waals surface area contributed by atoms with Crippen molar-refractivity contribution in [1.82, 2.24) is 0 Å². The SMILES string of the molecule is OC(c1ccc2c(c1)CCO2)c1ccc(Br)cc1Cl. The van der Waals surface area contributed by atoms with Crippen LogP contribution in [-0.2, 0) is 6.42 Å². The summed E-state index contributed by atoms with van der Waals surface area (Å²) in [6.07, 6.45) is 0.177. The first-order valence-electron chi connectivity index (χ1n) is 6.04. The first-order chi connectivity index (χ1) is 9.15. The second kappa shape index (κ2) is 5.16. The van der Waals surface area contributed by atoms with E-state index in [-0.39, 0.29) is 0 Å². The predicted octanol–water partition coefficient (Wildman–Crippen LogP) is 4.12. The first-order valence-corrected chi connectivity index (χ1v) is 7.21. The number of ether oxygens (including phenoxy) is 1. The average Bonchev–Trinajstić information content (AvgIpc) is 2.85. The highest BCUT2D eigenvalue weighted by Gasteiger charge is 2.18. The summed E-state index contributed by atoms with van der Waals surface area (Å²) < 4.78 is 6.36. The van der Waals surface area contributed by atoms with Gasteiger partial charge in [-0.2, -0.15) is 0 Å². The Morgan fingerprint density at radius 1 is 1.21 bits per heavy atom. The quantitative estimate of drug-likeness (QED) is 0.892. The van der Waals surface area contributed by atoms with Crippen molar-refractivity contribution in [3.8, 4) is 5.75 Å². The van der Waals surface area contributed by atoms with Gasteiger partial charge in [0, 0.05) is 21.5 Å². The zero-order valence-corrected chi connectivity index (χ0v) is 12.4. The number of halogens is 2. The van der Waals surface area contributed by atoms with E-state index in [0.717, 1.165) is 27.8 Å². The van der Waals surface area contributed by atoms with Crippen LogP contribution < -0.4 is 4.74 Å². The topological polar surface area (TPSA) is 29.5 Å². The van der Waals surface area contributed by atoms with Crippen molar-refractivity contribution in [3.63, 3.8) is 0 Å². The van der Waals surface area contributed by atoms with Gasteiger partial charge in [-0.25, -0.2) is 0 Å². The summed E-state index contributed by atoms with van der Waals surface area (Å²) in [5.74, 6) is 0.915. The van der Waals surface area contributed by atoms with Gasteiger partial charge in [-0.15, -0.1) is 0 Å². The summed E-state index contributed by atoms with van der Waals surface area (Å²) in [7, 11) is 0. The molecular formula is C15H12BrClO2. The van der Waals surface area contributed by atoms with Crippen LogP contribution in [0.4, 0.5) is 0 Å². The van der Waals surface area contributed by atoms with Crippen LogP contribution in [0, 0.1) is 0 Å². The fourth-order valence-corrected chi connectivity index (χ4v) is 3.06. The molecule has 1 unspecified atom stereocenters. The minimum absolute atomic E-state index is 0.554. The lowest BCUT2D eigenvalue weighted by Gasteiger charge is -2.14. The van der Waals surface area contributed by atoms with Gasteiger partial charge in [0.2, 0.25) is 0 Å². The van der Waals surface area contributed by atoms with Crippen LogP contribution in [0.3, 0.4) is 0 Å². The van der Waals surface area contributed by atoms with Crippen LogP contribution in [-0.4, -0.2) is 11.7 Å². The molecule has 2 aromatic rings. The molecule has 19 heavy (non-hydrogen) atoms. The van der Waals surface area contributed by atoms with Gasteiger partial charge in [-0.1, -0.05) is 39.7 Å². The molecule has 3 rings (SSSR count). The van der Waals surface area contributed by atoms with Crippen LogP contribution in [0.5, 0.6) is 5.75 Å². The minimum Gasteiger partial charge on any atom is -0.493 e. The maximum absolute atomic E-state index is 10.5. The largest absolute Gasteiger partial charge is 0.493 e. The highest BCUT2D eigenvalue weighted by atomic mass is 79.9. The Labute approximate surface area is 125 Å². The first kappa shape index (κ1) is 13.0. The van der Waals surface area contributed by atoms with E-state index >= 15 is 0 Å². The molecule has 0 amide bonds. The maximum Gasteiger partial charge on any atom is 0.122 e. The van der Waals surface area contributed by atoms with E-state index in [4.69, 9.17) is 16.3 Å². The van der Waals surface area contributed by atoms with Crippen molar-refractivity contribution in [2.75, 3.05) is 6.61 Å². The number of rotatable bonds is 2. The van der Waals surface area contributed by atoms with Crippen LogP contribution >= 0.6 is 27.5 Å². The van der Waals surface area contributed by atoms with Crippen LogP contribution in [0.15, 0.2) is 40.9 Å². The molecule has 2 aromatic carbocycles. The number of aliphatic hydroxyl groups excluding tert-OH is 1. The van der Waals surface area contributed by atoms with Crippen molar-refractivity contribution in [2.45, 2.75) is 12.5 Å². The van der Waals surface area contributed by atoms with Gasteiger partial charge in [-0.3, -0.25) is 0 Å². The lowest BCUT2D eigenvalue weighted by molar-refractivity contribution is 0.220. The molecule has 1 heterocycles. The Balaban J connectivity index is 1.97. The Bertz CT molecular complexity index is 628. The van der Waals surface area contributed by atoms with Gasteiger partial charge in [-0.05, 0) is 35.4 Å². The van der Waals surface area contributed by atoms with Gasteiger partial charge < -0.3 is 9.84 Å². The number of benzene rings is 2. The van der Waals surface area contributed by atoms with E-state index in [1.807, 2.05) is 30.3 Å². The molecule has 1 atom stereocenters. The zero-order valence-electron chi connectivity index (χ0n) is 10.1. The standard InChI is InChI=1S/C15H12BrClO2/c16-11-2-3-12(13(17)8-11)15(18)10-1-4-14-9(7-10)5-6-19-14/h1-4,7-8,15,18H,5-6H2. The second-order valence-corrected chi connectivity index (χ2v) is 5.86. The Morgan fingerprint density at radius 3 is 2.84 bits per heavy atom. The molecule has 98 valence electrons. The highest BCUT2D eigenvalue weighted by Crippen LogP contribution is 2.33. The highest BCUT2D eigenvalue weighted by molar-refractivity contribution is 9.10. The molecule has 1 aliphatic rings. The third-order valence-electron chi connectivity index (χ3n) is 3.29. The van der Waals surface area contributed by atoms with Gasteiger partial charge >= 0.3 is 0 Å². The number of hydrogen-bond acceptors (Lipinski definition) is 2. The minimum atomic E-state index is -0.716. The Hall–Kier alpha value is -1.03. The third-order valence-corrected chi connectivity index (χ3v) is 4.11. The third kappa shape index (κ3) is 2.50. The smallest absolute Gasteiger partial charge is 0.122 e. The molecule has 0 radical (unpaired) electrons. The van der Waals surface area contributed by atoms with Gasteiger partial charge in [0.25, 0.3) is 0 Å². The van der Waals surface area contributed by atoms with Crippen LogP contribution in [0.25, 0.3) is 0 Å². The van der Waals surface area contributed by atoms with E-state index < -0.39 is 6.10 Å². The molecule has 0 fully saturated rings. The molecule has 1 aliphatic heterocycles. The summed E-state index contributed by atoms with van der Waals surface area (Å²) in [6, 6.07) is 11.3. The fourth-order valence-electron chi connectivity index (χ4n) is 2.28. The fraction of sp³-hybridized carbons (Fsp3) is 0.200. The molecule has 1 N–H and O–H groups in total. The monoisotopic (exact) mass is 338 g/mol. The summed E-state index contributed by atoms with van der Waals surface area (Å²) in [4.78, 5) is 0. The molecule has 0 aliphatic carbocycles. The maximum atomic E-state index is 10.5. The molecule has 0 bridgehead atoms. The van der Waals surface area contributed by atoms with Crippen molar-refractivity contribution in [3.05, 3.63) is 62.6 Å². The lowest BCUT2D eigenvalue weighted by atomic mass is 9.99. The molecular weight excluding hydrogens is 328 g/mol. The van der Waals surface area contributed by atoms with Crippen LogP contribution in [0.1, 0.15) is 22.8 Å². The molecule has 2 nitrogen and oxygen atoms in total. The van der Waals surface area contributed by atoms with E-state index in [1.165, 1.54) is 0 Å². The Morgan fingerprint density at radius 2 is 2.05 bits per heavy atom. The van der Waals surface area contributed by atoms with Gasteiger partial charge in [0.15, 0.2) is 0 Å². The van der Waals surface area contributed by atoms with E-state index in [1.54, 1.807) is 6.07 Å². The number of fused-ring (bicyclic) bond motifs is 1. The van der Waals surface area contributed by atoms with Gasteiger partial charge in [0.1, 0.15) is 11.9 Å². The van der Waals surface area contributed by atoms with E-state index in [0.29, 0.717) is 17.2 Å². The summed E-state index contributed by atoms with van der Waals surface area (Å²) in [5, 5.41) is 11.0. The molecule has 0 saturated carbocycles. The van der Waals surface area contributed by atoms with Crippen molar-refractivity contribution >= 4 is 27.5 Å². The normalized spacial score (nSPS) is 14.9. The summed E-state index contributed by atoms with van der Waals surface area (Å²) in [6.45, 7) is 0.716. The molecule has 0 spiro atoms. The molecule has 0 aromatic heterocycles. The molecule has 0 saturated heterocycles. The van der Waals surface area contributed by atoms with Gasteiger partial charge in [0.05, 0.1) is 6.61 Å². The second-order valence-electron chi connectivity index (χ2n) is 4.53. The van der Waals surface area contributed by atoms with E-state index in [2.05, 4.69) is 15.9 Å². The number of hydrogen-bond donors (Lipinski definition) is 1. The van der Waals surface area contributed by atoms with Crippen molar-refractivity contribution < 1.29 is 9.84 Å². The van der Waals surface area contributed by atoms with E-state index in [9.17, 15) is 5.11 Å². The summed E-state index contributed by atoms with van der Waals surface area (Å²) in [5.41, 5.74) is 2.70.